The summed E-state index contributed by atoms with van der Waals surface area (Å²) in [5.41, 5.74) is 8.60. The molecule has 3 rings (SSSR count). The third-order valence-electron chi connectivity index (χ3n) is 4.46. The van der Waals surface area contributed by atoms with E-state index in [0.717, 1.165) is 35.9 Å². The summed E-state index contributed by atoms with van der Waals surface area (Å²) in [4.78, 5) is 4.42. The molecule has 1 aromatic carbocycles. The summed E-state index contributed by atoms with van der Waals surface area (Å²) in [6.07, 6.45) is 6.34. The zero-order valence-electron chi connectivity index (χ0n) is 12.0. The molecule has 1 fully saturated rings. The van der Waals surface area contributed by atoms with Crippen LogP contribution in [-0.4, -0.2) is 17.2 Å². The van der Waals surface area contributed by atoms with Gasteiger partial charge in [-0.15, -0.1) is 0 Å². The summed E-state index contributed by atoms with van der Waals surface area (Å²) < 4.78 is 6.11. The summed E-state index contributed by atoms with van der Waals surface area (Å²) in [5, 5.41) is 1.15. The Bertz CT molecular complexity index is 585. The quantitative estimate of drug-likeness (QED) is 0.923. The molecule has 1 saturated carbocycles. The molecule has 0 radical (unpaired) electrons. The summed E-state index contributed by atoms with van der Waals surface area (Å²) in [6, 6.07) is 10.2. The van der Waals surface area contributed by atoms with Gasteiger partial charge in [0.25, 0.3) is 0 Å². The Morgan fingerprint density at radius 2 is 2.05 bits per heavy atom. The minimum atomic E-state index is -0.196. The van der Waals surface area contributed by atoms with E-state index >= 15 is 0 Å². The van der Waals surface area contributed by atoms with Crippen molar-refractivity contribution in [1.29, 1.82) is 0 Å². The molecule has 2 N–H and O–H groups in total. The maximum Gasteiger partial charge on any atom is 0.0874 e. The molecule has 1 aliphatic carbocycles. The molecule has 20 heavy (non-hydrogen) atoms. The third-order valence-corrected chi connectivity index (χ3v) is 4.46. The number of nitrogens with two attached hydrogens (primary N) is 1. The average molecular weight is 270 g/mol. The third kappa shape index (κ3) is 2.21. The molecule has 0 bridgehead atoms. The SMILES string of the molecule is CCOC1(C(N)c2cccc3ncccc23)CCCC1. The fraction of sp³-hybridized carbons (Fsp3) is 0.471. The number of nitrogens with zero attached hydrogens (tertiary/aromatic N) is 1. The number of pyridine rings is 1. The summed E-state index contributed by atoms with van der Waals surface area (Å²) in [7, 11) is 0. The van der Waals surface area contributed by atoms with Gasteiger partial charge in [0.2, 0.25) is 0 Å². The smallest absolute Gasteiger partial charge is 0.0874 e. The second-order valence-electron chi connectivity index (χ2n) is 5.60. The molecule has 1 aliphatic rings. The highest BCUT2D eigenvalue weighted by atomic mass is 16.5. The Balaban J connectivity index is 2.05. The summed E-state index contributed by atoms with van der Waals surface area (Å²) in [5.74, 6) is 0. The van der Waals surface area contributed by atoms with Crippen molar-refractivity contribution < 1.29 is 4.74 Å². The van der Waals surface area contributed by atoms with Gasteiger partial charge in [-0.1, -0.05) is 31.0 Å². The van der Waals surface area contributed by atoms with Crippen LogP contribution in [0.2, 0.25) is 0 Å². The van der Waals surface area contributed by atoms with Crippen molar-refractivity contribution >= 4 is 10.9 Å². The van der Waals surface area contributed by atoms with Crippen molar-refractivity contribution in [2.24, 2.45) is 5.73 Å². The molecule has 3 heteroatoms. The number of hydrogen-bond donors (Lipinski definition) is 1. The van der Waals surface area contributed by atoms with Gasteiger partial charge in [-0.05, 0) is 37.5 Å². The van der Waals surface area contributed by atoms with Crippen LogP contribution < -0.4 is 5.73 Å². The lowest BCUT2D eigenvalue weighted by Gasteiger charge is -2.35. The van der Waals surface area contributed by atoms with Gasteiger partial charge < -0.3 is 10.5 Å². The van der Waals surface area contributed by atoms with E-state index in [4.69, 9.17) is 10.5 Å². The average Bonchev–Trinajstić information content (AvgIpc) is 2.96. The van der Waals surface area contributed by atoms with Gasteiger partial charge in [-0.25, -0.2) is 0 Å². The van der Waals surface area contributed by atoms with Gasteiger partial charge in [0.05, 0.1) is 17.2 Å². The molecule has 0 spiro atoms. The lowest BCUT2D eigenvalue weighted by Crippen LogP contribution is -2.41. The maximum atomic E-state index is 6.63. The van der Waals surface area contributed by atoms with Crippen LogP contribution in [0.4, 0.5) is 0 Å². The van der Waals surface area contributed by atoms with Gasteiger partial charge >= 0.3 is 0 Å². The van der Waals surface area contributed by atoms with E-state index < -0.39 is 0 Å². The number of aromatic nitrogens is 1. The fourth-order valence-electron chi connectivity index (χ4n) is 3.49. The fourth-order valence-corrected chi connectivity index (χ4v) is 3.49. The van der Waals surface area contributed by atoms with Crippen LogP contribution in [0.15, 0.2) is 36.5 Å². The number of hydrogen-bond acceptors (Lipinski definition) is 3. The van der Waals surface area contributed by atoms with E-state index in [1.807, 2.05) is 24.4 Å². The minimum absolute atomic E-state index is 0.0853. The first-order valence-electron chi connectivity index (χ1n) is 7.50. The molecule has 1 unspecified atom stereocenters. The predicted octanol–water partition coefficient (Wildman–Crippen LogP) is 3.58. The number of fused-ring (bicyclic) bond motifs is 1. The highest BCUT2D eigenvalue weighted by Crippen LogP contribution is 2.43. The van der Waals surface area contributed by atoms with Crippen LogP contribution in [0.5, 0.6) is 0 Å². The molecular formula is C17H22N2O. The van der Waals surface area contributed by atoms with Crippen LogP contribution in [-0.2, 0) is 4.74 Å². The van der Waals surface area contributed by atoms with Crippen molar-refractivity contribution in [3.05, 3.63) is 42.1 Å². The van der Waals surface area contributed by atoms with Crippen LogP contribution >= 0.6 is 0 Å². The number of benzene rings is 1. The standard InChI is InChI=1S/C17H22N2O/c1-2-20-17(10-3-4-11-17)16(18)14-7-5-9-15-13(14)8-6-12-19-15/h5-9,12,16H,2-4,10-11,18H2,1H3. The predicted molar refractivity (Wildman–Crippen MR) is 81.5 cm³/mol. The van der Waals surface area contributed by atoms with E-state index in [2.05, 4.69) is 24.0 Å². The molecule has 0 amide bonds. The lowest BCUT2D eigenvalue weighted by molar-refractivity contribution is -0.0533. The zero-order valence-corrected chi connectivity index (χ0v) is 12.0. The summed E-state index contributed by atoms with van der Waals surface area (Å²) in [6.45, 7) is 2.77. The summed E-state index contributed by atoms with van der Waals surface area (Å²) >= 11 is 0. The molecule has 3 nitrogen and oxygen atoms in total. The van der Waals surface area contributed by atoms with Crippen LogP contribution in [0, 0.1) is 0 Å². The van der Waals surface area contributed by atoms with Gasteiger partial charge in [-0.2, -0.15) is 0 Å². The number of ether oxygens (including phenoxy) is 1. The Hall–Kier alpha value is -1.45. The van der Waals surface area contributed by atoms with E-state index in [1.165, 1.54) is 12.8 Å². The topological polar surface area (TPSA) is 48.1 Å². The van der Waals surface area contributed by atoms with Gasteiger partial charge in [-0.3, -0.25) is 4.98 Å². The van der Waals surface area contributed by atoms with Crippen molar-refractivity contribution in [3.8, 4) is 0 Å². The molecule has 0 saturated heterocycles. The molecule has 2 aromatic rings. The zero-order chi connectivity index (χ0) is 14.0. The second kappa shape index (κ2) is 5.51. The largest absolute Gasteiger partial charge is 0.373 e. The van der Waals surface area contributed by atoms with Crippen LogP contribution in [0.1, 0.15) is 44.2 Å². The van der Waals surface area contributed by atoms with E-state index in [0.29, 0.717) is 0 Å². The first-order chi connectivity index (χ1) is 9.77. The van der Waals surface area contributed by atoms with Crippen molar-refractivity contribution in [2.45, 2.75) is 44.2 Å². The van der Waals surface area contributed by atoms with E-state index in [9.17, 15) is 0 Å². The van der Waals surface area contributed by atoms with Crippen molar-refractivity contribution in [3.63, 3.8) is 0 Å². The van der Waals surface area contributed by atoms with Gasteiger partial charge in [0.1, 0.15) is 0 Å². The Labute approximate surface area is 120 Å². The highest BCUT2D eigenvalue weighted by molar-refractivity contribution is 5.82. The maximum absolute atomic E-state index is 6.63. The molecule has 1 heterocycles. The molecule has 0 aliphatic heterocycles. The Morgan fingerprint density at radius 1 is 1.25 bits per heavy atom. The first kappa shape index (κ1) is 13.5. The monoisotopic (exact) mass is 270 g/mol. The Kier molecular flexibility index (Phi) is 3.72. The van der Waals surface area contributed by atoms with Gasteiger partial charge in [0, 0.05) is 18.2 Å². The number of rotatable bonds is 4. The molecule has 1 atom stereocenters. The Morgan fingerprint density at radius 3 is 2.80 bits per heavy atom. The second-order valence-corrected chi connectivity index (χ2v) is 5.60. The highest BCUT2D eigenvalue weighted by Gasteiger charge is 2.41. The van der Waals surface area contributed by atoms with Crippen molar-refractivity contribution in [1.82, 2.24) is 4.98 Å². The minimum Gasteiger partial charge on any atom is -0.373 e. The molecule has 106 valence electrons. The molecular weight excluding hydrogens is 248 g/mol. The normalized spacial score (nSPS) is 19.3. The van der Waals surface area contributed by atoms with Crippen LogP contribution in [0.25, 0.3) is 10.9 Å². The van der Waals surface area contributed by atoms with E-state index in [-0.39, 0.29) is 11.6 Å². The van der Waals surface area contributed by atoms with E-state index in [1.54, 1.807) is 0 Å². The molecule has 1 aromatic heterocycles. The van der Waals surface area contributed by atoms with Gasteiger partial charge in [0.15, 0.2) is 0 Å². The first-order valence-corrected chi connectivity index (χ1v) is 7.50. The van der Waals surface area contributed by atoms with Crippen molar-refractivity contribution in [2.75, 3.05) is 6.61 Å². The lowest BCUT2D eigenvalue weighted by atomic mass is 9.85. The van der Waals surface area contributed by atoms with Crippen LogP contribution in [0.3, 0.4) is 0 Å².